The van der Waals surface area contributed by atoms with Crippen molar-refractivity contribution in [3.05, 3.63) is 58.7 Å². The number of carbonyl (C=O) groups excluding carboxylic acids is 1. The molecule has 1 aromatic heterocycles. The molecule has 1 aliphatic rings. The number of carbonyl (C=O) groups is 1. The minimum atomic E-state index is -0.380. The van der Waals surface area contributed by atoms with E-state index in [9.17, 15) is 4.79 Å². The molecule has 0 saturated heterocycles. The van der Waals surface area contributed by atoms with Gasteiger partial charge >= 0.3 is 0 Å². The third kappa shape index (κ3) is 5.25. The predicted octanol–water partition coefficient (Wildman–Crippen LogP) is 4.84. The van der Waals surface area contributed by atoms with E-state index >= 15 is 0 Å². The molecule has 6 nitrogen and oxygen atoms in total. The second-order valence-electron chi connectivity index (χ2n) is 6.87. The van der Waals surface area contributed by atoms with Crippen LogP contribution in [-0.4, -0.2) is 35.7 Å². The number of allylic oxidation sites excluding steroid dienone is 3. The summed E-state index contributed by atoms with van der Waals surface area (Å²) in [6.07, 6.45) is 3.06. The third-order valence-corrected chi connectivity index (χ3v) is 5.95. The summed E-state index contributed by atoms with van der Waals surface area (Å²) < 4.78 is 10.7. The van der Waals surface area contributed by atoms with Gasteiger partial charge in [0.1, 0.15) is 11.5 Å². The summed E-state index contributed by atoms with van der Waals surface area (Å²) in [5.41, 5.74) is 3.09. The van der Waals surface area contributed by atoms with Crippen molar-refractivity contribution in [2.45, 2.75) is 25.1 Å². The minimum Gasteiger partial charge on any atom is -0.499 e. The number of halogens is 2. The van der Waals surface area contributed by atoms with Gasteiger partial charge in [0.05, 0.1) is 36.0 Å². The predicted molar refractivity (Wildman–Crippen MR) is 123 cm³/mol. The molecule has 0 saturated carbocycles. The van der Waals surface area contributed by atoms with E-state index in [1.807, 2.05) is 30.3 Å². The van der Waals surface area contributed by atoms with Gasteiger partial charge in [-0.3, -0.25) is 9.89 Å². The number of methoxy groups -OCH3 is 2. The number of alkyl halides is 1. The van der Waals surface area contributed by atoms with Crippen LogP contribution in [-0.2, 0) is 20.7 Å². The lowest BCUT2D eigenvalue weighted by Crippen LogP contribution is -2.24. The molecule has 1 heterocycles. The number of aromatic nitrogens is 2. The first kappa shape index (κ1) is 22.8. The molecule has 2 aromatic rings. The molecule has 0 bridgehead atoms. The number of aryl methyl sites for hydroxylation is 1. The van der Waals surface area contributed by atoms with Crippen LogP contribution in [0.2, 0.25) is 0 Å². The number of nitrogens with zero attached hydrogens (tertiary/aromatic N) is 1. The average molecular weight is 460 g/mol. The van der Waals surface area contributed by atoms with Crippen LogP contribution in [0.4, 0.5) is 5.69 Å². The summed E-state index contributed by atoms with van der Waals surface area (Å²) in [5.74, 6) is 5.73. The van der Waals surface area contributed by atoms with E-state index in [1.165, 1.54) is 0 Å². The van der Waals surface area contributed by atoms with Gasteiger partial charge < -0.3 is 14.8 Å². The molecule has 2 N–H and O–H groups in total. The number of hydrogen-bond donors (Lipinski definition) is 2. The van der Waals surface area contributed by atoms with E-state index in [0.29, 0.717) is 35.1 Å². The Labute approximate surface area is 191 Å². The fraction of sp³-hybridized carbons (Fsp3) is 0.304. The number of H-pyrrole nitrogens is 1. The van der Waals surface area contributed by atoms with E-state index in [4.69, 9.17) is 32.7 Å². The summed E-state index contributed by atoms with van der Waals surface area (Å²) in [7, 11) is 3.14. The molecule has 2 atom stereocenters. The molecule has 0 aliphatic heterocycles. The zero-order valence-corrected chi connectivity index (χ0v) is 19.0. The van der Waals surface area contributed by atoms with Crippen LogP contribution in [0.1, 0.15) is 19.0 Å². The normalized spacial score (nSPS) is 18.0. The van der Waals surface area contributed by atoms with Crippen LogP contribution in [0.3, 0.4) is 0 Å². The lowest BCUT2D eigenvalue weighted by Gasteiger charge is -2.28. The molecule has 0 radical (unpaired) electrons. The first-order valence-electron chi connectivity index (χ1n) is 9.69. The van der Waals surface area contributed by atoms with Crippen LogP contribution in [0.5, 0.6) is 0 Å². The van der Waals surface area contributed by atoms with Crippen LogP contribution in [0, 0.1) is 17.8 Å². The standard InChI is InChI=1S/C23H23Cl2N3O3/c1-4-7-21(29)26-17-9-6-5-8-15(17)18-12-14(27-28-18)10-11-16-22(24)19(30-2)13-20(31-3)23(16)25/h5-6,8-9,12-13,16,22H,10-11H2,1-3H3,(H,26,29)(H,27,28). The van der Waals surface area contributed by atoms with Crippen molar-refractivity contribution >= 4 is 34.8 Å². The number of nitrogens with one attached hydrogen (secondary N) is 2. The van der Waals surface area contributed by atoms with Crippen molar-refractivity contribution in [3.8, 4) is 23.1 Å². The monoisotopic (exact) mass is 459 g/mol. The number of para-hydroxylation sites is 1. The maximum Gasteiger partial charge on any atom is 0.300 e. The maximum absolute atomic E-state index is 11.9. The van der Waals surface area contributed by atoms with E-state index < -0.39 is 0 Å². The van der Waals surface area contributed by atoms with Crippen molar-refractivity contribution < 1.29 is 14.3 Å². The van der Waals surface area contributed by atoms with Gasteiger partial charge in [-0.25, -0.2) is 0 Å². The molecule has 0 fully saturated rings. The Kier molecular flexibility index (Phi) is 7.67. The maximum atomic E-state index is 11.9. The van der Waals surface area contributed by atoms with Gasteiger partial charge in [0.2, 0.25) is 0 Å². The van der Waals surface area contributed by atoms with E-state index in [0.717, 1.165) is 17.0 Å². The molecule has 3 rings (SSSR count). The number of hydrogen-bond acceptors (Lipinski definition) is 4. The van der Waals surface area contributed by atoms with Crippen molar-refractivity contribution in [1.29, 1.82) is 0 Å². The molecule has 1 aliphatic carbocycles. The molecule has 1 amide bonds. The van der Waals surface area contributed by atoms with Crippen molar-refractivity contribution in [2.75, 3.05) is 19.5 Å². The lowest BCUT2D eigenvalue weighted by molar-refractivity contribution is -0.111. The van der Waals surface area contributed by atoms with Crippen LogP contribution >= 0.6 is 23.2 Å². The summed E-state index contributed by atoms with van der Waals surface area (Å²) in [6.45, 7) is 1.62. The zero-order valence-electron chi connectivity index (χ0n) is 17.5. The van der Waals surface area contributed by atoms with E-state index in [-0.39, 0.29) is 17.2 Å². The van der Waals surface area contributed by atoms with Crippen molar-refractivity contribution in [3.63, 3.8) is 0 Å². The Morgan fingerprint density at radius 1 is 1.29 bits per heavy atom. The number of ether oxygens (including phenoxy) is 2. The Hall–Kier alpha value is -2.88. The van der Waals surface area contributed by atoms with Gasteiger partial charge in [0, 0.05) is 23.3 Å². The number of rotatable bonds is 7. The SMILES string of the molecule is CC#CC(=O)Nc1ccccc1-c1cc(CCC2C(Cl)=C(OC)C=C(OC)C2Cl)[nH]n1. The fourth-order valence-electron chi connectivity index (χ4n) is 3.41. The second kappa shape index (κ2) is 10.4. The van der Waals surface area contributed by atoms with Crippen LogP contribution in [0.25, 0.3) is 11.3 Å². The Morgan fingerprint density at radius 3 is 2.77 bits per heavy atom. The topological polar surface area (TPSA) is 76.2 Å². The van der Waals surface area contributed by atoms with Crippen molar-refractivity contribution in [2.24, 2.45) is 5.92 Å². The summed E-state index contributed by atoms with van der Waals surface area (Å²) in [5, 5.41) is 10.5. The van der Waals surface area contributed by atoms with Gasteiger partial charge in [0.25, 0.3) is 5.91 Å². The lowest BCUT2D eigenvalue weighted by atomic mass is 9.92. The fourth-order valence-corrected chi connectivity index (χ4v) is 4.24. The molecule has 31 heavy (non-hydrogen) atoms. The van der Waals surface area contributed by atoms with Gasteiger partial charge in [-0.2, -0.15) is 5.10 Å². The van der Waals surface area contributed by atoms with E-state index in [1.54, 1.807) is 27.2 Å². The van der Waals surface area contributed by atoms with Gasteiger partial charge in [-0.15, -0.1) is 11.6 Å². The highest BCUT2D eigenvalue weighted by Crippen LogP contribution is 2.39. The quantitative estimate of drug-likeness (QED) is 0.458. The number of benzene rings is 1. The Balaban J connectivity index is 1.76. The molecular weight excluding hydrogens is 437 g/mol. The summed E-state index contributed by atoms with van der Waals surface area (Å²) in [4.78, 5) is 11.9. The Bertz CT molecular complexity index is 1080. The highest BCUT2D eigenvalue weighted by atomic mass is 35.5. The van der Waals surface area contributed by atoms with Crippen LogP contribution < -0.4 is 5.32 Å². The highest BCUT2D eigenvalue weighted by molar-refractivity contribution is 6.32. The smallest absolute Gasteiger partial charge is 0.300 e. The average Bonchev–Trinajstić information content (AvgIpc) is 3.23. The summed E-state index contributed by atoms with van der Waals surface area (Å²) in [6, 6.07) is 9.39. The Morgan fingerprint density at radius 2 is 2.06 bits per heavy atom. The molecule has 0 spiro atoms. The van der Waals surface area contributed by atoms with Gasteiger partial charge in [-0.05, 0) is 37.8 Å². The second-order valence-corrected chi connectivity index (χ2v) is 7.74. The summed E-state index contributed by atoms with van der Waals surface area (Å²) >= 11 is 13.1. The number of amides is 1. The zero-order chi connectivity index (χ0) is 22.4. The number of anilines is 1. The van der Waals surface area contributed by atoms with Gasteiger partial charge in [-0.1, -0.05) is 35.7 Å². The molecule has 162 valence electrons. The van der Waals surface area contributed by atoms with E-state index in [2.05, 4.69) is 27.4 Å². The minimum absolute atomic E-state index is 0.149. The molecule has 2 unspecified atom stereocenters. The first-order chi connectivity index (χ1) is 15.0. The largest absolute Gasteiger partial charge is 0.499 e. The van der Waals surface area contributed by atoms with Crippen LogP contribution in [0.15, 0.2) is 53.0 Å². The first-order valence-corrected chi connectivity index (χ1v) is 10.5. The molecule has 1 aromatic carbocycles. The van der Waals surface area contributed by atoms with Gasteiger partial charge in [0.15, 0.2) is 0 Å². The van der Waals surface area contributed by atoms with Crippen molar-refractivity contribution in [1.82, 2.24) is 10.2 Å². The molecule has 8 heteroatoms. The molecular formula is C23H23Cl2N3O3. The number of aromatic amines is 1. The highest BCUT2D eigenvalue weighted by Gasteiger charge is 2.33. The third-order valence-electron chi connectivity index (χ3n) is 4.96.